The molecule has 0 saturated heterocycles. The molecule has 0 bridgehead atoms. The van der Waals surface area contributed by atoms with Gasteiger partial charge in [0.2, 0.25) is 5.91 Å². The van der Waals surface area contributed by atoms with E-state index in [4.69, 9.17) is 9.47 Å². The van der Waals surface area contributed by atoms with Crippen LogP contribution >= 0.6 is 0 Å². The van der Waals surface area contributed by atoms with E-state index in [-0.39, 0.29) is 11.8 Å². The SMILES string of the molecule is CCCCCCOCCOCCCCCNC(=O)C(CC)CC. The van der Waals surface area contributed by atoms with Gasteiger partial charge in [0.1, 0.15) is 0 Å². The number of amides is 1. The second-order valence-corrected chi connectivity index (χ2v) is 6.15. The molecule has 23 heavy (non-hydrogen) atoms. The van der Waals surface area contributed by atoms with E-state index < -0.39 is 0 Å². The quantitative estimate of drug-likeness (QED) is 0.404. The molecule has 0 aliphatic heterocycles. The van der Waals surface area contributed by atoms with Crippen LogP contribution in [0.3, 0.4) is 0 Å². The zero-order valence-corrected chi connectivity index (χ0v) is 15.7. The third kappa shape index (κ3) is 14.7. The Labute approximate surface area is 143 Å². The highest BCUT2D eigenvalue weighted by atomic mass is 16.5. The van der Waals surface area contributed by atoms with Gasteiger partial charge in [-0.1, -0.05) is 40.0 Å². The largest absolute Gasteiger partial charge is 0.379 e. The van der Waals surface area contributed by atoms with Crippen molar-refractivity contribution in [2.75, 3.05) is 33.0 Å². The molecule has 0 fully saturated rings. The summed E-state index contributed by atoms with van der Waals surface area (Å²) in [6, 6.07) is 0. The molecule has 0 heterocycles. The predicted molar refractivity (Wildman–Crippen MR) is 96.7 cm³/mol. The van der Waals surface area contributed by atoms with Crippen molar-refractivity contribution in [3.63, 3.8) is 0 Å². The van der Waals surface area contributed by atoms with Crippen LogP contribution in [0.15, 0.2) is 0 Å². The van der Waals surface area contributed by atoms with E-state index in [1.807, 2.05) is 0 Å². The van der Waals surface area contributed by atoms with Crippen LogP contribution in [0.5, 0.6) is 0 Å². The normalized spacial score (nSPS) is 11.1. The van der Waals surface area contributed by atoms with Gasteiger partial charge in [0.15, 0.2) is 0 Å². The maximum atomic E-state index is 11.8. The number of hydrogen-bond acceptors (Lipinski definition) is 3. The second kappa shape index (κ2) is 17.7. The Morgan fingerprint density at radius 2 is 1.35 bits per heavy atom. The van der Waals surface area contributed by atoms with E-state index in [2.05, 4.69) is 26.1 Å². The van der Waals surface area contributed by atoms with E-state index in [9.17, 15) is 4.79 Å². The fourth-order valence-corrected chi connectivity index (χ4v) is 2.47. The van der Waals surface area contributed by atoms with Gasteiger partial charge in [-0.3, -0.25) is 4.79 Å². The minimum atomic E-state index is 0.181. The van der Waals surface area contributed by atoms with Crippen molar-refractivity contribution in [1.29, 1.82) is 0 Å². The number of nitrogens with one attached hydrogen (secondary N) is 1. The molecule has 0 saturated carbocycles. The van der Waals surface area contributed by atoms with Crippen LogP contribution in [-0.4, -0.2) is 38.9 Å². The van der Waals surface area contributed by atoms with Gasteiger partial charge >= 0.3 is 0 Å². The highest BCUT2D eigenvalue weighted by molar-refractivity contribution is 5.78. The highest BCUT2D eigenvalue weighted by Gasteiger charge is 2.12. The van der Waals surface area contributed by atoms with Gasteiger partial charge in [0, 0.05) is 25.7 Å². The Bertz CT molecular complexity index is 255. The third-order valence-electron chi connectivity index (χ3n) is 4.14. The summed E-state index contributed by atoms with van der Waals surface area (Å²) in [5.74, 6) is 0.391. The molecule has 1 N–H and O–H groups in total. The molecule has 0 aromatic carbocycles. The first-order valence-corrected chi connectivity index (χ1v) is 9.69. The maximum Gasteiger partial charge on any atom is 0.223 e. The van der Waals surface area contributed by atoms with Gasteiger partial charge in [-0.05, 0) is 38.5 Å². The number of rotatable bonds is 17. The minimum absolute atomic E-state index is 0.181. The van der Waals surface area contributed by atoms with Gasteiger partial charge in [-0.25, -0.2) is 0 Å². The Kier molecular flexibility index (Phi) is 17.3. The van der Waals surface area contributed by atoms with Crippen molar-refractivity contribution >= 4 is 5.91 Å². The predicted octanol–water partition coefficient (Wildman–Crippen LogP) is 4.32. The van der Waals surface area contributed by atoms with Crippen LogP contribution in [0, 0.1) is 5.92 Å². The lowest BCUT2D eigenvalue weighted by Gasteiger charge is -2.12. The molecule has 138 valence electrons. The highest BCUT2D eigenvalue weighted by Crippen LogP contribution is 2.07. The summed E-state index contributed by atoms with van der Waals surface area (Å²) >= 11 is 0. The molecule has 1 amide bonds. The summed E-state index contributed by atoms with van der Waals surface area (Å²) in [6.45, 7) is 10.2. The molecule has 0 unspecified atom stereocenters. The fourth-order valence-electron chi connectivity index (χ4n) is 2.47. The maximum absolute atomic E-state index is 11.8. The topological polar surface area (TPSA) is 47.6 Å². The van der Waals surface area contributed by atoms with Crippen molar-refractivity contribution < 1.29 is 14.3 Å². The number of carbonyl (C=O) groups excluding carboxylic acids is 1. The summed E-state index contributed by atoms with van der Waals surface area (Å²) in [5, 5.41) is 3.02. The summed E-state index contributed by atoms with van der Waals surface area (Å²) in [5.41, 5.74) is 0. The van der Waals surface area contributed by atoms with Gasteiger partial charge in [-0.15, -0.1) is 0 Å². The van der Waals surface area contributed by atoms with Crippen LogP contribution in [0.2, 0.25) is 0 Å². The van der Waals surface area contributed by atoms with Gasteiger partial charge < -0.3 is 14.8 Å². The second-order valence-electron chi connectivity index (χ2n) is 6.15. The molecule has 0 aromatic heterocycles. The first-order chi connectivity index (χ1) is 11.3. The summed E-state index contributed by atoms with van der Waals surface area (Å²) in [7, 11) is 0. The lowest BCUT2D eigenvalue weighted by Crippen LogP contribution is -2.30. The lowest BCUT2D eigenvalue weighted by atomic mass is 10.0. The molecule has 0 radical (unpaired) electrons. The van der Waals surface area contributed by atoms with Crippen LogP contribution in [0.4, 0.5) is 0 Å². The van der Waals surface area contributed by atoms with Gasteiger partial charge in [0.25, 0.3) is 0 Å². The average Bonchev–Trinajstić information content (AvgIpc) is 2.56. The Morgan fingerprint density at radius 3 is 1.87 bits per heavy atom. The lowest BCUT2D eigenvalue weighted by molar-refractivity contribution is -0.125. The van der Waals surface area contributed by atoms with Crippen molar-refractivity contribution in [3.8, 4) is 0 Å². The van der Waals surface area contributed by atoms with Crippen molar-refractivity contribution in [2.45, 2.75) is 78.6 Å². The van der Waals surface area contributed by atoms with E-state index in [1.165, 1.54) is 19.3 Å². The fraction of sp³-hybridized carbons (Fsp3) is 0.947. The van der Waals surface area contributed by atoms with Crippen molar-refractivity contribution in [3.05, 3.63) is 0 Å². The summed E-state index contributed by atoms with van der Waals surface area (Å²) in [4.78, 5) is 11.8. The van der Waals surface area contributed by atoms with Crippen molar-refractivity contribution in [2.24, 2.45) is 5.92 Å². The zero-order chi connectivity index (χ0) is 17.2. The molecule has 0 aliphatic rings. The third-order valence-corrected chi connectivity index (χ3v) is 4.14. The van der Waals surface area contributed by atoms with Crippen LogP contribution in [-0.2, 0) is 14.3 Å². The molecule has 0 aromatic rings. The molecule has 0 aliphatic carbocycles. The monoisotopic (exact) mass is 329 g/mol. The van der Waals surface area contributed by atoms with E-state index in [0.717, 1.165) is 58.3 Å². The van der Waals surface area contributed by atoms with E-state index >= 15 is 0 Å². The minimum Gasteiger partial charge on any atom is -0.379 e. The summed E-state index contributed by atoms with van der Waals surface area (Å²) < 4.78 is 11.1. The van der Waals surface area contributed by atoms with Gasteiger partial charge in [-0.2, -0.15) is 0 Å². The van der Waals surface area contributed by atoms with E-state index in [1.54, 1.807) is 0 Å². The molecule has 0 atom stereocenters. The number of carbonyl (C=O) groups is 1. The molecule has 4 nitrogen and oxygen atoms in total. The molecular weight excluding hydrogens is 290 g/mol. The molecular formula is C19H39NO3. The first-order valence-electron chi connectivity index (χ1n) is 9.69. The van der Waals surface area contributed by atoms with Crippen LogP contribution in [0.25, 0.3) is 0 Å². The van der Waals surface area contributed by atoms with Crippen LogP contribution < -0.4 is 5.32 Å². The Morgan fingerprint density at radius 1 is 0.783 bits per heavy atom. The van der Waals surface area contributed by atoms with Crippen LogP contribution in [0.1, 0.15) is 78.6 Å². The summed E-state index contributed by atoms with van der Waals surface area (Å²) in [6.07, 6.45) is 10.0. The number of ether oxygens (including phenoxy) is 2. The molecule has 4 heteroatoms. The Hall–Kier alpha value is -0.610. The number of unbranched alkanes of at least 4 members (excludes halogenated alkanes) is 5. The molecule has 0 spiro atoms. The number of hydrogen-bond donors (Lipinski definition) is 1. The zero-order valence-electron chi connectivity index (χ0n) is 15.7. The smallest absolute Gasteiger partial charge is 0.223 e. The van der Waals surface area contributed by atoms with E-state index in [0.29, 0.717) is 13.2 Å². The molecule has 0 rings (SSSR count). The van der Waals surface area contributed by atoms with Gasteiger partial charge in [0.05, 0.1) is 13.2 Å². The first kappa shape index (κ1) is 22.4. The Balaban J connectivity index is 3.17. The van der Waals surface area contributed by atoms with Crippen molar-refractivity contribution in [1.82, 2.24) is 5.32 Å². The standard InChI is InChI=1S/C19H39NO3/c1-4-7-8-11-14-22-16-17-23-15-12-9-10-13-20-19(21)18(5-2)6-3/h18H,4-17H2,1-3H3,(H,20,21). The average molecular weight is 330 g/mol.